The minimum Gasteiger partial charge on any atom is -0.437 e. The molecule has 1 aromatic rings. The van der Waals surface area contributed by atoms with Crippen molar-refractivity contribution in [1.82, 2.24) is 4.98 Å². The number of nitrogens with zero attached hydrogens (tertiary/aromatic N) is 1. The second-order valence-corrected chi connectivity index (χ2v) is 7.27. The number of oxazole rings is 1. The highest BCUT2D eigenvalue weighted by atomic mass is 32.2. The molecule has 16 heavy (non-hydrogen) atoms. The fourth-order valence-electron chi connectivity index (χ4n) is 1.53. The maximum absolute atomic E-state index is 11.3. The summed E-state index contributed by atoms with van der Waals surface area (Å²) in [5.41, 5.74) is 0.790. The van der Waals surface area contributed by atoms with Gasteiger partial charge in [-0.15, -0.1) is 0 Å². The second-order valence-electron chi connectivity index (χ2n) is 3.92. The van der Waals surface area contributed by atoms with Gasteiger partial charge in [0.1, 0.15) is 5.76 Å². The van der Waals surface area contributed by atoms with Gasteiger partial charge >= 0.3 is 0 Å². The summed E-state index contributed by atoms with van der Waals surface area (Å²) in [5.74, 6) is 0.542. The number of hydrogen-bond donors (Lipinski definition) is 1. The molecule has 2 rings (SSSR count). The minimum atomic E-state index is -3.11. The quantitative estimate of drug-likeness (QED) is 0.839. The van der Waals surface area contributed by atoms with Gasteiger partial charge in [0.05, 0.1) is 28.6 Å². The third kappa shape index (κ3) is 2.41. The Kier molecular flexibility index (Phi) is 3.02. The molecular formula is C9H13NO4S2. The molecular weight excluding hydrogens is 250 g/mol. The zero-order chi connectivity index (χ0) is 11.9. The van der Waals surface area contributed by atoms with Crippen LogP contribution in [0.4, 0.5) is 0 Å². The number of sulfone groups is 1. The largest absolute Gasteiger partial charge is 0.437 e. The van der Waals surface area contributed by atoms with Crippen molar-refractivity contribution in [2.24, 2.45) is 0 Å². The number of aryl methyl sites for hydroxylation is 2. The lowest BCUT2D eigenvalue weighted by Gasteiger charge is -2.08. The van der Waals surface area contributed by atoms with E-state index in [-0.39, 0.29) is 16.8 Å². The first-order chi connectivity index (χ1) is 7.37. The molecule has 7 heteroatoms. The van der Waals surface area contributed by atoms with Crippen molar-refractivity contribution in [1.29, 1.82) is 0 Å². The van der Waals surface area contributed by atoms with E-state index in [2.05, 4.69) is 4.98 Å². The molecule has 0 radical (unpaired) electrons. The topological polar surface area (TPSA) is 80.4 Å². The van der Waals surface area contributed by atoms with E-state index < -0.39 is 15.9 Å². The molecule has 1 aliphatic heterocycles. The van der Waals surface area contributed by atoms with E-state index in [0.717, 1.165) is 11.5 Å². The first-order valence-corrected chi connectivity index (χ1v) is 7.57. The van der Waals surface area contributed by atoms with Gasteiger partial charge in [0, 0.05) is 0 Å². The van der Waals surface area contributed by atoms with E-state index in [9.17, 15) is 13.5 Å². The minimum absolute atomic E-state index is 0.0146. The second kappa shape index (κ2) is 4.05. The SMILES string of the molecule is Cc1nc(SC2CS(=O)(=O)CC2O)oc1C. The van der Waals surface area contributed by atoms with Crippen molar-refractivity contribution in [3.63, 3.8) is 0 Å². The molecule has 1 N–H and O–H groups in total. The summed E-state index contributed by atoms with van der Waals surface area (Å²) < 4.78 is 27.9. The van der Waals surface area contributed by atoms with Crippen molar-refractivity contribution >= 4 is 21.6 Å². The zero-order valence-corrected chi connectivity index (χ0v) is 10.6. The average molecular weight is 263 g/mol. The highest BCUT2D eigenvalue weighted by Crippen LogP contribution is 2.31. The predicted octanol–water partition coefficient (Wildman–Crippen LogP) is 0.541. The maximum Gasteiger partial charge on any atom is 0.256 e. The molecule has 90 valence electrons. The average Bonchev–Trinajstić information content (AvgIpc) is 2.55. The van der Waals surface area contributed by atoms with Gasteiger partial charge in [0.2, 0.25) is 0 Å². The molecule has 2 atom stereocenters. The lowest BCUT2D eigenvalue weighted by molar-refractivity contribution is 0.207. The number of thioether (sulfide) groups is 1. The van der Waals surface area contributed by atoms with Crippen molar-refractivity contribution in [2.45, 2.75) is 30.4 Å². The Morgan fingerprint density at radius 1 is 1.44 bits per heavy atom. The van der Waals surface area contributed by atoms with Crippen LogP contribution >= 0.6 is 11.8 Å². The van der Waals surface area contributed by atoms with Crippen LogP contribution in [-0.4, -0.2) is 41.4 Å². The van der Waals surface area contributed by atoms with Crippen LogP contribution < -0.4 is 0 Å². The van der Waals surface area contributed by atoms with Crippen molar-refractivity contribution < 1.29 is 17.9 Å². The molecule has 2 heterocycles. The molecule has 5 nitrogen and oxygen atoms in total. The molecule has 0 spiro atoms. The molecule has 0 bridgehead atoms. The highest BCUT2D eigenvalue weighted by molar-refractivity contribution is 8.01. The van der Waals surface area contributed by atoms with Gasteiger partial charge in [0.15, 0.2) is 9.84 Å². The molecule has 1 fully saturated rings. The van der Waals surface area contributed by atoms with Gasteiger partial charge < -0.3 is 9.52 Å². The van der Waals surface area contributed by atoms with E-state index in [4.69, 9.17) is 4.42 Å². The Labute approximate surface area is 98.2 Å². The summed E-state index contributed by atoms with van der Waals surface area (Å²) >= 11 is 1.19. The van der Waals surface area contributed by atoms with E-state index >= 15 is 0 Å². The van der Waals surface area contributed by atoms with Crippen molar-refractivity contribution in [3.05, 3.63) is 11.5 Å². The van der Waals surface area contributed by atoms with Gasteiger partial charge in [-0.1, -0.05) is 11.8 Å². The lowest BCUT2D eigenvalue weighted by atomic mass is 10.3. The van der Waals surface area contributed by atoms with Crippen LogP contribution in [0.3, 0.4) is 0 Å². The molecule has 1 aromatic heterocycles. The first kappa shape index (κ1) is 11.9. The standard InChI is InChI=1S/C9H13NO4S2/c1-5-6(2)14-9(10-5)15-8-4-16(12,13)3-7(8)11/h7-8,11H,3-4H2,1-2H3. The lowest BCUT2D eigenvalue weighted by Crippen LogP contribution is -2.19. The van der Waals surface area contributed by atoms with Crippen LogP contribution in [-0.2, 0) is 9.84 Å². The maximum atomic E-state index is 11.3. The summed E-state index contributed by atoms with van der Waals surface area (Å²) in [6.45, 7) is 3.62. The number of hydrogen-bond acceptors (Lipinski definition) is 6. The van der Waals surface area contributed by atoms with Crippen LogP contribution in [0.15, 0.2) is 9.64 Å². The summed E-state index contributed by atoms with van der Waals surface area (Å²) in [5, 5.41) is 9.65. The molecule has 0 aromatic carbocycles. The number of aliphatic hydroxyl groups is 1. The Bertz CT molecular complexity index is 474. The molecule has 2 unspecified atom stereocenters. The van der Waals surface area contributed by atoms with Gasteiger partial charge in [0.25, 0.3) is 5.22 Å². The monoisotopic (exact) mass is 263 g/mol. The van der Waals surface area contributed by atoms with Crippen LogP contribution in [0.1, 0.15) is 11.5 Å². The van der Waals surface area contributed by atoms with Crippen molar-refractivity contribution in [2.75, 3.05) is 11.5 Å². The first-order valence-electron chi connectivity index (χ1n) is 4.86. The highest BCUT2D eigenvalue weighted by Gasteiger charge is 2.38. The predicted molar refractivity (Wildman–Crippen MR) is 60.3 cm³/mol. The van der Waals surface area contributed by atoms with Crippen molar-refractivity contribution in [3.8, 4) is 0 Å². The fraction of sp³-hybridized carbons (Fsp3) is 0.667. The third-order valence-electron chi connectivity index (χ3n) is 2.53. The summed E-state index contributed by atoms with van der Waals surface area (Å²) in [6, 6.07) is 0. The molecule has 1 aliphatic rings. The number of aromatic nitrogens is 1. The normalized spacial score (nSPS) is 28.4. The van der Waals surface area contributed by atoms with Crippen LogP contribution in [0.5, 0.6) is 0 Å². The van der Waals surface area contributed by atoms with Gasteiger partial charge in [-0.25, -0.2) is 13.4 Å². The van der Waals surface area contributed by atoms with Gasteiger partial charge in [-0.2, -0.15) is 0 Å². The smallest absolute Gasteiger partial charge is 0.256 e. The zero-order valence-electron chi connectivity index (χ0n) is 9.00. The van der Waals surface area contributed by atoms with E-state index in [1.54, 1.807) is 6.92 Å². The molecule has 1 saturated heterocycles. The Morgan fingerprint density at radius 3 is 2.56 bits per heavy atom. The van der Waals surface area contributed by atoms with E-state index in [0.29, 0.717) is 5.22 Å². The number of rotatable bonds is 2. The van der Waals surface area contributed by atoms with Crippen LogP contribution in [0.25, 0.3) is 0 Å². The summed E-state index contributed by atoms with van der Waals surface area (Å²) in [6.07, 6.45) is -0.831. The Morgan fingerprint density at radius 2 is 2.12 bits per heavy atom. The number of aliphatic hydroxyl groups excluding tert-OH is 1. The van der Waals surface area contributed by atoms with Crippen LogP contribution in [0.2, 0.25) is 0 Å². The summed E-state index contributed by atoms with van der Waals surface area (Å²) in [7, 11) is -3.11. The van der Waals surface area contributed by atoms with Gasteiger partial charge in [-0.05, 0) is 13.8 Å². The molecule has 0 aliphatic carbocycles. The Hall–Kier alpha value is -0.530. The van der Waals surface area contributed by atoms with E-state index in [1.807, 2.05) is 6.92 Å². The van der Waals surface area contributed by atoms with Gasteiger partial charge in [-0.3, -0.25) is 0 Å². The third-order valence-corrected chi connectivity index (χ3v) is 5.62. The molecule has 0 saturated carbocycles. The fourth-order valence-corrected chi connectivity index (χ4v) is 5.04. The van der Waals surface area contributed by atoms with E-state index in [1.165, 1.54) is 11.8 Å². The van der Waals surface area contributed by atoms with Crippen LogP contribution in [0, 0.1) is 13.8 Å². The summed E-state index contributed by atoms with van der Waals surface area (Å²) in [4.78, 5) is 4.15. The molecule has 0 amide bonds. The Balaban J connectivity index is 2.11.